The van der Waals surface area contributed by atoms with E-state index in [0.717, 1.165) is 22.2 Å². The molecule has 1 aliphatic carbocycles. The molecule has 0 radical (unpaired) electrons. The van der Waals surface area contributed by atoms with Crippen molar-refractivity contribution in [3.63, 3.8) is 0 Å². The summed E-state index contributed by atoms with van der Waals surface area (Å²) in [5.74, 6) is 1.93. The van der Waals surface area contributed by atoms with E-state index in [-0.39, 0.29) is 18.7 Å². The van der Waals surface area contributed by atoms with Gasteiger partial charge in [-0.15, -0.1) is 0 Å². The van der Waals surface area contributed by atoms with E-state index in [4.69, 9.17) is 17.2 Å². The predicted octanol–water partition coefficient (Wildman–Crippen LogP) is 8.72. The average Bonchev–Trinajstić information content (AvgIpc) is 3.49. The summed E-state index contributed by atoms with van der Waals surface area (Å²) >= 11 is 0.250. The number of hydrogen-bond donors (Lipinski definition) is 0. The van der Waals surface area contributed by atoms with E-state index < -0.39 is 0 Å². The molecule has 198 valence electrons. The Bertz CT molecular complexity index is 2050. The van der Waals surface area contributed by atoms with Crippen LogP contribution in [0.2, 0.25) is 0 Å². The lowest BCUT2D eigenvalue weighted by molar-refractivity contribution is 0.661. The Hall–Kier alpha value is -4.74. The van der Waals surface area contributed by atoms with Crippen LogP contribution in [0.1, 0.15) is 25.0 Å². The summed E-state index contributed by atoms with van der Waals surface area (Å²) in [5, 5.41) is 2.38. The van der Waals surface area contributed by atoms with E-state index in [1.54, 1.807) is 0 Å². The number of para-hydroxylation sites is 1. The van der Waals surface area contributed by atoms with Gasteiger partial charge in [-0.1, -0.05) is 117 Å². The maximum absolute atomic E-state index is 5.79. The third-order valence-corrected chi connectivity index (χ3v) is 8.26. The minimum atomic E-state index is -0.106. The largest absolute Gasteiger partial charge is 0.278 e. The summed E-state index contributed by atoms with van der Waals surface area (Å²) in [6, 6.07) is 42.4. The molecule has 8 rings (SSSR count). The van der Waals surface area contributed by atoms with Crippen molar-refractivity contribution in [1.29, 1.82) is 2.25 Å². The summed E-state index contributed by atoms with van der Waals surface area (Å²) in [6.07, 6.45) is 0. The van der Waals surface area contributed by atoms with Crippen molar-refractivity contribution in [2.75, 3.05) is 0 Å². The van der Waals surface area contributed by atoms with Crippen LogP contribution in [0.3, 0.4) is 0 Å². The highest BCUT2D eigenvalue weighted by atomic mass is 32.1. The third kappa shape index (κ3) is 3.80. The molecule has 0 atom stereocenters. The fraction of sp³-hybridized carbons (Fsp3) is 0.0833. The van der Waals surface area contributed by atoms with Crippen molar-refractivity contribution in [1.82, 2.24) is 19.5 Å². The molecule has 5 aromatic carbocycles. The highest BCUT2D eigenvalue weighted by molar-refractivity contribution is 7.59. The van der Waals surface area contributed by atoms with Crippen LogP contribution in [-0.2, 0) is 5.41 Å². The zero-order valence-electron chi connectivity index (χ0n) is 24.7. The molecule has 0 unspecified atom stereocenters. The summed E-state index contributed by atoms with van der Waals surface area (Å²) in [7, 11) is 0. The number of hydrogen-bond acceptors (Lipinski definition) is 3. The second-order valence-corrected chi connectivity index (χ2v) is 11.0. The summed E-state index contributed by atoms with van der Waals surface area (Å²) < 4.78 is 13.8. The Labute approximate surface area is 248 Å². The van der Waals surface area contributed by atoms with Gasteiger partial charge in [-0.3, -0.25) is 4.57 Å². The van der Waals surface area contributed by atoms with E-state index in [9.17, 15) is 0 Å². The third-order valence-electron chi connectivity index (χ3n) is 8.26. The zero-order chi connectivity index (χ0) is 29.6. The quantitative estimate of drug-likeness (QED) is 0.221. The molecule has 0 fully saturated rings. The molecule has 41 heavy (non-hydrogen) atoms. The Balaban J connectivity index is 0.000000963. The Morgan fingerprint density at radius 3 is 1.90 bits per heavy atom. The Morgan fingerprint density at radius 1 is 0.634 bits per heavy atom. The second-order valence-electron chi connectivity index (χ2n) is 11.0. The van der Waals surface area contributed by atoms with Crippen LogP contribution in [0.25, 0.3) is 61.7 Å². The average molecular weight is 552 g/mol. The summed E-state index contributed by atoms with van der Waals surface area (Å²) in [5.41, 5.74) is 9.31. The van der Waals surface area contributed by atoms with Crippen molar-refractivity contribution >= 4 is 35.1 Å². The van der Waals surface area contributed by atoms with Crippen LogP contribution in [0, 0.1) is 0 Å². The molecule has 0 aliphatic heterocycles. The number of aromatic nitrogens is 4. The van der Waals surface area contributed by atoms with Gasteiger partial charge in [0.15, 0.2) is 11.6 Å². The van der Waals surface area contributed by atoms with Gasteiger partial charge in [0.1, 0.15) is 0 Å². The molecule has 1 aliphatic rings. The molecule has 0 spiro atoms. The Kier molecular flexibility index (Phi) is 5.29. The van der Waals surface area contributed by atoms with Crippen LogP contribution < -0.4 is 0 Å². The monoisotopic (exact) mass is 551 g/mol. The van der Waals surface area contributed by atoms with E-state index in [1.165, 1.54) is 33.0 Å². The van der Waals surface area contributed by atoms with Crippen LogP contribution in [0.15, 0.2) is 121 Å². The molecule has 2 heterocycles. The van der Waals surface area contributed by atoms with Gasteiger partial charge in [0.25, 0.3) is 0 Å². The topological polar surface area (TPSA) is 43.6 Å². The molecule has 4 nitrogen and oxygen atoms in total. The normalized spacial score (nSPS) is 13.6. The molecular formula is C36H28N4S. The fourth-order valence-electron chi connectivity index (χ4n) is 6.28. The van der Waals surface area contributed by atoms with Crippen LogP contribution in [-0.4, -0.2) is 21.8 Å². The van der Waals surface area contributed by atoms with Crippen molar-refractivity contribution in [3.05, 3.63) is 132 Å². The first-order chi connectivity index (χ1) is 21.0. The first-order valence-corrected chi connectivity index (χ1v) is 13.6. The van der Waals surface area contributed by atoms with Gasteiger partial charge >= 0.3 is 0 Å². The van der Waals surface area contributed by atoms with Gasteiger partial charge in [-0.2, -0.15) is 23.3 Å². The molecule has 7 aromatic rings. The maximum Gasteiger partial charge on any atom is 0.238 e. The van der Waals surface area contributed by atoms with Crippen molar-refractivity contribution in [3.8, 4) is 39.9 Å². The minimum absolute atomic E-state index is 0.106. The van der Waals surface area contributed by atoms with E-state index in [0.29, 0.717) is 17.6 Å². The van der Waals surface area contributed by atoms with E-state index >= 15 is 0 Å². The molecule has 0 saturated heterocycles. The second kappa shape index (κ2) is 9.43. The van der Waals surface area contributed by atoms with E-state index in [1.807, 2.05) is 60.7 Å². The van der Waals surface area contributed by atoms with Crippen molar-refractivity contribution in [2.24, 2.45) is 0 Å². The first kappa shape index (κ1) is 23.0. The predicted molar refractivity (Wildman–Crippen MR) is 173 cm³/mol. The molecule has 0 N–H and O–H groups in total. The van der Waals surface area contributed by atoms with Gasteiger partial charge in [0.05, 0.1) is 13.3 Å². The zero-order valence-corrected chi connectivity index (χ0v) is 23.6. The van der Waals surface area contributed by atoms with Gasteiger partial charge in [0, 0.05) is 27.3 Å². The van der Waals surface area contributed by atoms with Gasteiger partial charge < -0.3 is 0 Å². The molecule has 0 saturated carbocycles. The maximum atomic E-state index is 5.79. The Morgan fingerprint density at radius 2 is 1.22 bits per heavy atom. The number of fused-ring (bicyclic) bond motifs is 6. The van der Waals surface area contributed by atoms with Crippen LogP contribution in [0.4, 0.5) is 0 Å². The lowest BCUT2D eigenvalue weighted by Crippen LogP contribution is -2.15. The molecular weight excluding hydrogens is 520 g/mol. The first-order valence-electron chi connectivity index (χ1n) is 14.5. The molecule has 5 heteroatoms. The van der Waals surface area contributed by atoms with Gasteiger partial charge in [-0.25, -0.2) is 4.98 Å². The lowest BCUT2D eigenvalue weighted by Gasteiger charge is -2.21. The van der Waals surface area contributed by atoms with Gasteiger partial charge in [0.2, 0.25) is 5.95 Å². The van der Waals surface area contributed by atoms with Crippen molar-refractivity contribution in [2.45, 2.75) is 19.3 Å². The highest BCUT2D eigenvalue weighted by Crippen LogP contribution is 2.50. The lowest BCUT2D eigenvalue weighted by atomic mass is 9.82. The summed E-state index contributed by atoms with van der Waals surface area (Å²) in [4.78, 5) is 15.1. The molecule has 0 bridgehead atoms. The summed E-state index contributed by atoms with van der Waals surface area (Å²) in [6.45, 7) is 4.64. The standard InChI is InChI=1S/C36H26N4.H2S/c1-36(2)29-19-11-9-17-25(29)27-21-28-26-18-10-12-20-31(26)40(32(28)22-30(27)36)35-38-33(23-13-5-3-6-14-23)37-34(39-35)24-15-7-4-8-16-24;/h3-22H,1-2H3;1H2/i/hTD. The van der Waals surface area contributed by atoms with Gasteiger partial charge in [-0.05, 0) is 40.5 Å². The van der Waals surface area contributed by atoms with Crippen molar-refractivity contribution < 1.29 is 0 Å². The smallest absolute Gasteiger partial charge is 0.238 e. The SMILES string of the molecule is CC1(C)c2ccccc2-c2cc3c4ccccc4n(-c4nc(-c5ccccc5)nc(-c5ccccc5)n4)c3cc21.[2H]S[3H]. The highest BCUT2D eigenvalue weighted by Gasteiger charge is 2.36. The van der Waals surface area contributed by atoms with Crippen LogP contribution >= 0.6 is 13.3 Å². The van der Waals surface area contributed by atoms with E-state index in [2.05, 4.69) is 79.1 Å². The molecule has 0 amide bonds. The number of benzene rings is 5. The van der Waals surface area contributed by atoms with Crippen LogP contribution in [0.5, 0.6) is 0 Å². The fourth-order valence-corrected chi connectivity index (χ4v) is 6.28. The minimum Gasteiger partial charge on any atom is -0.278 e. The number of nitrogens with zero attached hydrogens (tertiary/aromatic N) is 4. The number of rotatable bonds is 3. The molecule has 2 aromatic heterocycles.